The number of fused-ring (bicyclic) bond motifs is 13. The highest BCUT2D eigenvalue weighted by Gasteiger charge is 2.52. The summed E-state index contributed by atoms with van der Waals surface area (Å²) in [4.78, 5) is 10.8. The van der Waals surface area contributed by atoms with E-state index in [2.05, 4.69) is 194 Å². The fourth-order valence-electron chi connectivity index (χ4n) is 9.55. The average molecular weight is 729 g/mol. The van der Waals surface area contributed by atoms with Gasteiger partial charge in [0.25, 0.3) is 0 Å². The third kappa shape index (κ3) is 4.43. The van der Waals surface area contributed by atoms with Crippen LogP contribution in [-0.4, -0.2) is 9.97 Å². The van der Waals surface area contributed by atoms with Crippen molar-refractivity contribution in [2.45, 2.75) is 5.41 Å². The van der Waals surface area contributed by atoms with Crippen molar-refractivity contribution in [1.82, 2.24) is 9.97 Å². The van der Waals surface area contributed by atoms with Gasteiger partial charge in [-0.05, 0) is 86.0 Å². The summed E-state index contributed by atoms with van der Waals surface area (Å²) in [6, 6.07) is 70.7. The largest absolute Gasteiger partial charge is 0.228 e. The van der Waals surface area contributed by atoms with E-state index in [9.17, 15) is 0 Å². The van der Waals surface area contributed by atoms with Gasteiger partial charge in [0.05, 0.1) is 16.8 Å². The molecule has 3 heteroatoms. The van der Waals surface area contributed by atoms with E-state index in [1.807, 2.05) is 11.3 Å². The van der Waals surface area contributed by atoms with Crippen molar-refractivity contribution >= 4 is 31.5 Å². The van der Waals surface area contributed by atoms with Gasteiger partial charge in [-0.2, -0.15) is 0 Å². The Morgan fingerprint density at radius 1 is 0.339 bits per heavy atom. The zero-order valence-corrected chi connectivity index (χ0v) is 31.1. The molecule has 0 amide bonds. The van der Waals surface area contributed by atoms with E-state index in [0.29, 0.717) is 0 Å². The highest BCUT2D eigenvalue weighted by molar-refractivity contribution is 7.25. The Bertz CT molecular complexity index is 3090. The van der Waals surface area contributed by atoms with Crippen molar-refractivity contribution in [3.63, 3.8) is 0 Å². The predicted octanol–water partition coefficient (Wildman–Crippen LogP) is 13.9. The third-order valence-corrected chi connectivity index (χ3v) is 13.1. The van der Waals surface area contributed by atoms with Gasteiger partial charge in [0.1, 0.15) is 0 Å². The first-order valence-electron chi connectivity index (χ1n) is 19.2. The lowest BCUT2D eigenvalue weighted by atomic mass is 9.70. The minimum absolute atomic E-state index is 0.487. The van der Waals surface area contributed by atoms with E-state index in [1.165, 1.54) is 75.8 Å². The maximum absolute atomic E-state index is 5.38. The third-order valence-electron chi connectivity index (χ3n) is 11.9. The Labute approximate surface area is 329 Å². The molecule has 2 aliphatic carbocycles. The lowest BCUT2D eigenvalue weighted by Crippen LogP contribution is -2.25. The van der Waals surface area contributed by atoms with Crippen LogP contribution in [0.5, 0.6) is 0 Å². The molecule has 56 heavy (non-hydrogen) atoms. The van der Waals surface area contributed by atoms with E-state index in [0.717, 1.165) is 33.9 Å². The first-order valence-corrected chi connectivity index (χ1v) is 20.0. The fraction of sp³-hybridized carbons (Fsp3) is 0.0189. The maximum Gasteiger partial charge on any atom is 0.161 e. The Hall–Kier alpha value is -6.94. The molecule has 12 rings (SSSR count). The molecule has 260 valence electrons. The first-order chi connectivity index (χ1) is 27.8. The van der Waals surface area contributed by atoms with E-state index < -0.39 is 5.41 Å². The van der Waals surface area contributed by atoms with Crippen LogP contribution in [0, 0.1) is 0 Å². The van der Waals surface area contributed by atoms with Crippen LogP contribution in [0.25, 0.3) is 87.5 Å². The van der Waals surface area contributed by atoms with Gasteiger partial charge >= 0.3 is 0 Å². The quantitative estimate of drug-likeness (QED) is 0.180. The molecule has 2 aromatic heterocycles. The molecule has 0 aliphatic heterocycles. The second-order valence-corrected chi connectivity index (χ2v) is 15.9. The van der Waals surface area contributed by atoms with Crippen LogP contribution in [0.4, 0.5) is 0 Å². The Kier molecular flexibility index (Phi) is 6.75. The molecular formula is C53H32N2S. The molecule has 2 aliphatic rings. The summed E-state index contributed by atoms with van der Waals surface area (Å²) < 4.78 is 2.63. The Balaban J connectivity index is 1.16. The van der Waals surface area contributed by atoms with Crippen molar-refractivity contribution in [2.75, 3.05) is 0 Å². The van der Waals surface area contributed by atoms with E-state index in [-0.39, 0.29) is 0 Å². The number of rotatable bonds is 4. The van der Waals surface area contributed by atoms with Gasteiger partial charge in [-0.3, -0.25) is 0 Å². The Morgan fingerprint density at radius 3 is 1.59 bits per heavy atom. The van der Waals surface area contributed by atoms with Gasteiger partial charge in [0.15, 0.2) is 5.82 Å². The molecule has 1 spiro atoms. The summed E-state index contributed by atoms with van der Waals surface area (Å²) in [5.74, 6) is 0.723. The smallest absolute Gasteiger partial charge is 0.161 e. The number of hydrogen-bond donors (Lipinski definition) is 0. The second-order valence-electron chi connectivity index (χ2n) is 14.8. The normalized spacial score (nSPS) is 13.1. The van der Waals surface area contributed by atoms with Crippen LogP contribution in [0.3, 0.4) is 0 Å². The highest BCUT2D eigenvalue weighted by atomic mass is 32.1. The first kappa shape index (κ1) is 31.4. The van der Waals surface area contributed by atoms with Crippen molar-refractivity contribution < 1.29 is 0 Å². The van der Waals surface area contributed by atoms with Gasteiger partial charge in [-0.15, -0.1) is 11.3 Å². The molecule has 0 N–H and O–H groups in total. The van der Waals surface area contributed by atoms with E-state index >= 15 is 0 Å². The van der Waals surface area contributed by atoms with Gasteiger partial charge in [0, 0.05) is 36.9 Å². The van der Waals surface area contributed by atoms with Gasteiger partial charge in [0.2, 0.25) is 0 Å². The van der Waals surface area contributed by atoms with Crippen LogP contribution in [0.15, 0.2) is 194 Å². The minimum Gasteiger partial charge on any atom is -0.228 e. The molecule has 2 nitrogen and oxygen atoms in total. The highest BCUT2D eigenvalue weighted by Crippen LogP contribution is 2.64. The standard InChI is InChI=1S/C53H32N2S/c1-3-14-33(15-4-1)47-32-48(34-16-5-2-6-17-34)55-52(54-47)40-21-13-24-46-51(40)42-31-35(36-27-29-50-41(30-36)39-20-9-12-25-49(39)56-50)26-28-45(42)53(46)43-22-10-7-18-37(43)38-19-8-11-23-44(38)53/h1-32H. The maximum atomic E-state index is 5.38. The SMILES string of the molecule is c1ccc(-c2cc(-c3ccccc3)nc(-c3cccc4c3-c3cc(-c5ccc6sc7ccccc7c6c5)ccc3C43c4ccccc4-c4ccccc43)n2)cc1. The zero-order chi connectivity index (χ0) is 36.8. The summed E-state index contributed by atoms with van der Waals surface area (Å²) in [6.07, 6.45) is 0. The van der Waals surface area contributed by atoms with Crippen molar-refractivity contribution in [3.8, 4) is 67.3 Å². The molecular weight excluding hydrogens is 697 g/mol. The molecule has 10 aromatic rings. The summed E-state index contributed by atoms with van der Waals surface area (Å²) in [5.41, 5.74) is 17.1. The second kappa shape index (κ2) is 12.0. The lowest BCUT2D eigenvalue weighted by Gasteiger charge is -2.30. The van der Waals surface area contributed by atoms with Gasteiger partial charge < -0.3 is 0 Å². The van der Waals surface area contributed by atoms with Crippen molar-refractivity contribution in [3.05, 3.63) is 216 Å². The van der Waals surface area contributed by atoms with E-state index in [4.69, 9.17) is 9.97 Å². The number of hydrogen-bond acceptors (Lipinski definition) is 3. The van der Waals surface area contributed by atoms with Crippen molar-refractivity contribution in [2.24, 2.45) is 0 Å². The van der Waals surface area contributed by atoms with Crippen LogP contribution in [0.1, 0.15) is 22.3 Å². The summed E-state index contributed by atoms with van der Waals surface area (Å²) in [5, 5.41) is 2.62. The summed E-state index contributed by atoms with van der Waals surface area (Å²) in [7, 11) is 0. The van der Waals surface area contributed by atoms with Gasteiger partial charge in [-0.25, -0.2) is 9.97 Å². The van der Waals surface area contributed by atoms with Crippen LogP contribution >= 0.6 is 11.3 Å². The lowest BCUT2D eigenvalue weighted by molar-refractivity contribution is 0.794. The molecule has 0 saturated heterocycles. The van der Waals surface area contributed by atoms with Crippen LogP contribution in [0.2, 0.25) is 0 Å². The summed E-state index contributed by atoms with van der Waals surface area (Å²) >= 11 is 1.86. The molecule has 0 bridgehead atoms. The fourth-order valence-corrected chi connectivity index (χ4v) is 10.6. The summed E-state index contributed by atoms with van der Waals surface area (Å²) in [6.45, 7) is 0. The predicted molar refractivity (Wildman–Crippen MR) is 233 cm³/mol. The number of benzene rings is 8. The Morgan fingerprint density at radius 2 is 0.875 bits per heavy atom. The van der Waals surface area contributed by atoms with E-state index in [1.54, 1.807) is 0 Å². The monoisotopic (exact) mass is 728 g/mol. The topological polar surface area (TPSA) is 25.8 Å². The van der Waals surface area contributed by atoms with Crippen LogP contribution in [-0.2, 0) is 5.41 Å². The van der Waals surface area contributed by atoms with Crippen LogP contribution < -0.4 is 0 Å². The molecule has 2 heterocycles. The molecule has 0 saturated carbocycles. The molecule has 0 unspecified atom stereocenters. The average Bonchev–Trinajstić information content (AvgIpc) is 3.90. The molecule has 0 atom stereocenters. The van der Waals surface area contributed by atoms with Gasteiger partial charge in [-0.1, -0.05) is 164 Å². The number of aromatic nitrogens is 2. The number of nitrogens with zero attached hydrogens (tertiary/aromatic N) is 2. The zero-order valence-electron chi connectivity index (χ0n) is 30.3. The number of thiophene rings is 1. The minimum atomic E-state index is -0.487. The molecule has 0 radical (unpaired) electrons. The molecule has 0 fully saturated rings. The molecule has 8 aromatic carbocycles. The van der Waals surface area contributed by atoms with Crippen molar-refractivity contribution in [1.29, 1.82) is 0 Å².